The van der Waals surface area contributed by atoms with E-state index in [-0.39, 0.29) is 11.3 Å². The molecule has 0 spiro atoms. The molecular formula is C29H31F3N8O3. The van der Waals surface area contributed by atoms with E-state index in [9.17, 15) is 22.8 Å². The third-order valence-electron chi connectivity index (χ3n) is 6.51. The molecule has 2 aromatic heterocycles. The standard InChI is InChI=1S/C29H31F3N8O3/c1-18-6-7-19(12-25(18)40-17-24(36-37-40)20-8-9-26(33-16-20)35-28(42)43-5)27(41)34-22-13-21(29(30,31)32)14-23(15-22)39(4)11-10-38(2)3/h6-9,12-17H,10-11H2,1-5H3,(H,34,41)(H,33,35,42). The molecule has 0 fully saturated rings. The zero-order valence-electron chi connectivity index (χ0n) is 24.2. The van der Waals surface area contributed by atoms with E-state index in [0.29, 0.717) is 41.5 Å². The highest BCUT2D eigenvalue weighted by molar-refractivity contribution is 6.05. The molecule has 4 aromatic rings. The molecule has 0 unspecified atom stereocenters. The second-order valence-electron chi connectivity index (χ2n) is 10.0. The van der Waals surface area contributed by atoms with Gasteiger partial charge in [-0.2, -0.15) is 13.2 Å². The van der Waals surface area contributed by atoms with Crippen molar-refractivity contribution in [3.05, 3.63) is 77.6 Å². The van der Waals surface area contributed by atoms with Gasteiger partial charge in [0.05, 0.1) is 24.6 Å². The average molecular weight is 597 g/mol. The predicted octanol–water partition coefficient (Wildman–Crippen LogP) is 5.08. The van der Waals surface area contributed by atoms with Crippen LogP contribution in [0, 0.1) is 6.92 Å². The first-order chi connectivity index (χ1) is 20.3. The number of halogens is 3. The minimum atomic E-state index is -4.59. The van der Waals surface area contributed by atoms with Crippen molar-refractivity contribution in [3.63, 3.8) is 0 Å². The molecule has 226 valence electrons. The predicted molar refractivity (Wildman–Crippen MR) is 157 cm³/mol. The van der Waals surface area contributed by atoms with E-state index < -0.39 is 23.7 Å². The number of amides is 2. The molecule has 0 aliphatic heterocycles. The van der Waals surface area contributed by atoms with Gasteiger partial charge in [0, 0.05) is 48.8 Å². The van der Waals surface area contributed by atoms with Crippen molar-refractivity contribution in [3.8, 4) is 16.9 Å². The normalized spacial score (nSPS) is 11.4. The van der Waals surface area contributed by atoms with Crippen LogP contribution in [-0.2, 0) is 10.9 Å². The Morgan fingerprint density at radius 2 is 1.77 bits per heavy atom. The summed E-state index contributed by atoms with van der Waals surface area (Å²) in [5.74, 6) is -0.286. The Hall–Kier alpha value is -4.98. The summed E-state index contributed by atoms with van der Waals surface area (Å²) in [7, 11) is 6.70. The fourth-order valence-electron chi connectivity index (χ4n) is 4.04. The Morgan fingerprint density at radius 3 is 2.42 bits per heavy atom. The number of pyridine rings is 1. The summed E-state index contributed by atoms with van der Waals surface area (Å²) < 4.78 is 47.1. The highest BCUT2D eigenvalue weighted by atomic mass is 19.4. The molecule has 2 N–H and O–H groups in total. The monoisotopic (exact) mass is 596 g/mol. The number of hydrogen-bond donors (Lipinski definition) is 2. The van der Waals surface area contributed by atoms with Gasteiger partial charge >= 0.3 is 12.3 Å². The molecule has 2 amide bonds. The van der Waals surface area contributed by atoms with Gasteiger partial charge in [-0.05, 0) is 69.0 Å². The molecule has 0 aliphatic rings. The number of ether oxygens (including phenoxy) is 1. The molecular weight excluding hydrogens is 565 g/mol. The zero-order chi connectivity index (χ0) is 31.3. The molecule has 11 nitrogen and oxygen atoms in total. The molecule has 0 bridgehead atoms. The van der Waals surface area contributed by atoms with Crippen LogP contribution in [0.2, 0.25) is 0 Å². The van der Waals surface area contributed by atoms with Crippen molar-refractivity contribution in [1.82, 2.24) is 24.9 Å². The van der Waals surface area contributed by atoms with Crippen LogP contribution in [0.3, 0.4) is 0 Å². The molecule has 43 heavy (non-hydrogen) atoms. The minimum absolute atomic E-state index is 0.0225. The van der Waals surface area contributed by atoms with E-state index in [0.717, 1.165) is 17.7 Å². The molecule has 4 rings (SSSR count). The smallest absolute Gasteiger partial charge is 0.416 e. The van der Waals surface area contributed by atoms with Crippen molar-refractivity contribution in [2.45, 2.75) is 13.1 Å². The maximum atomic E-state index is 13.7. The third kappa shape index (κ3) is 7.86. The second-order valence-corrected chi connectivity index (χ2v) is 10.0. The number of carbonyl (C=O) groups excluding carboxylic acids is 2. The lowest BCUT2D eigenvalue weighted by atomic mass is 10.1. The lowest BCUT2D eigenvalue weighted by Gasteiger charge is -2.23. The van der Waals surface area contributed by atoms with Gasteiger partial charge in [-0.1, -0.05) is 11.3 Å². The molecule has 0 aliphatic carbocycles. The molecule has 0 saturated heterocycles. The van der Waals surface area contributed by atoms with Crippen molar-refractivity contribution in [2.75, 3.05) is 56.9 Å². The summed E-state index contributed by atoms with van der Waals surface area (Å²) in [6.45, 7) is 2.96. The first-order valence-electron chi connectivity index (χ1n) is 13.1. The Balaban J connectivity index is 1.56. The molecule has 2 heterocycles. The Labute approximate surface area is 246 Å². The van der Waals surface area contributed by atoms with Gasteiger partial charge in [-0.15, -0.1) is 5.10 Å². The van der Waals surface area contributed by atoms with Crippen molar-refractivity contribution >= 4 is 29.2 Å². The number of anilines is 3. The maximum absolute atomic E-state index is 13.7. The van der Waals surface area contributed by atoms with Crippen molar-refractivity contribution in [2.24, 2.45) is 0 Å². The number of alkyl halides is 3. The number of carbonyl (C=O) groups is 2. The molecule has 0 radical (unpaired) electrons. The van der Waals surface area contributed by atoms with E-state index in [1.807, 2.05) is 25.9 Å². The summed E-state index contributed by atoms with van der Waals surface area (Å²) in [6, 6.07) is 11.7. The third-order valence-corrected chi connectivity index (χ3v) is 6.51. The van der Waals surface area contributed by atoms with Crippen LogP contribution in [0.4, 0.5) is 35.2 Å². The molecule has 0 saturated carbocycles. The van der Waals surface area contributed by atoms with Gasteiger partial charge in [0.15, 0.2) is 0 Å². The van der Waals surface area contributed by atoms with Crippen LogP contribution in [0.1, 0.15) is 21.5 Å². The van der Waals surface area contributed by atoms with E-state index in [4.69, 9.17) is 0 Å². The van der Waals surface area contributed by atoms with Crippen LogP contribution >= 0.6 is 0 Å². The Bertz CT molecular complexity index is 1600. The number of nitrogens with one attached hydrogen (secondary N) is 2. The Morgan fingerprint density at radius 1 is 1.00 bits per heavy atom. The second kappa shape index (κ2) is 12.9. The van der Waals surface area contributed by atoms with Crippen LogP contribution in [0.15, 0.2) is 60.9 Å². The minimum Gasteiger partial charge on any atom is -0.453 e. The first kappa shape index (κ1) is 31.0. The largest absolute Gasteiger partial charge is 0.453 e. The summed E-state index contributed by atoms with van der Waals surface area (Å²) in [6.07, 6.45) is -2.08. The van der Waals surface area contributed by atoms with Crippen LogP contribution in [0.25, 0.3) is 16.9 Å². The van der Waals surface area contributed by atoms with Crippen LogP contribution in [0.5, 0.6) is 0 Å². The first-order valence-corrected chi connectivity index (χ1v) is 13.1. The maximum Gasteiger partial charge on any atom is 0.416 e. The van der Waals surface area contributed by atoms with Crippen LogP contribution < -0.4 is 15.5 Å². The van der Waals surface area contributed by atoms with Crippen molar-refractivity contribution in [1.29, 1.82) is 0 Å². The van der Waals surface area contributed by atoms with E-state index >= 15 is 0 Å². The SMILES string of the molecule is COC(=O)Nc1ccc(-c2cn(-c3cc(C(=O)Nc4cc(N(C)CCN(C)C)cc(C(F)(F)F)c4)ccc3C)nn2)cn1. The molecule has 2 aromatic carbocycles. The number of methoxy groups -OCH3 is 1. The quantitative estimate of drug-likeness (QED) is 0.275. The summed E-state index contributed by atoms with van der Waals surface area (Å²) in [5.41, 5.74) is 2.16. The number of nitrogens with zero attached hydrogens (tertiary/aromatic N) is 6. The average Bonchev–Trinajstić information content (AvgIpc) is 3.46. The van der Waals surface area contributed by atoms with Gasteiger partial charge in [0.2, 0.25) is 0 Å². The number of aryl methyl sites for hydroxylation is 1. The zero-order valence-corrected chi connectivity index (χ0v) is 24.2. The van der Waals surface area contributed by atoms with Crippen LogP contribution in [-0.4, -0.2) is 78.2 Å². The lowest BCUT2D eigenvalue weighted by Crippen LogP contribution is -2.28. The summed E-state index contributed by atoms with van der Waals surface area (Å²) in [5, 5.41) is 13.4. The fraction of sp³-hybridized carbons (Fsp3) is 0.276. The number of rotatable bonds is 9. The van der Waals surface area contributed by atoms with Gasteiger partial charge in [0.1, 0.15) is 11.5 Å². The van der Waals surface area contributed by atoms with Gasteiger partial charge < -0.3 is 19.9 Å². The number of hydrogen-bond acceptors (Lipinski definition) is 8. The van der Waals surface area contributed by atoms with Gasteiger partial charge in [-0.25, -0.2) is 14.5 Å². The van der Waals surface area contributed by atoms with E-state index in [1.54, 1.807) is 48.5 Å². The van der Waals surface area contributed by atoms with Crippen molar-refractivity contribution < 1.29 is 27.5 Å². The van der Waals surface area contributed by atoms with Gasteiger partial charge in [0.25, 0.3) is 5.91 Å². The van der Waals surface area contributed by atoms with E-state index in [1.165, 1.54) is 24.1 Å². The molecule has 0 atom stereocenters. The fourth-order valence-corrected chi connectivity index (χ4v) is 4.04. The highest BCUT2D eigenvalue weighted by Crippen LogP contribution is 2.34. The lowest BCUT2D eigenvalue weighted by molar-refractivity contribution is -0.137. The highest BCUT2D eigenvalue weighted by Gasteiger charge is 2.32. The Kier molecular flexibility index (Phi) is 9.29. The van der Waals surface area contributed by atoms with E-state index in [2.05, 4.69) is 30.7 Å². The number of benzene rings is 2. The topological polar surface area (TPSA) is 118 Å². The molecule has 14 heteroatoms. The summed E-state index contributed by atoms with van der Waals surface area (Å²) in [4.78, 5) is 32.4. The number of likely N-dealkylation sites (N-methyl/N-ethyl adjacent to an activating group) is 2. The number of aromatic nitrogens is 4. The summed E-state index contributed by atoms with van der Waals surface area (Å²) >= 11 is 0. The van der Waals surface area contributed by atoms with Gasteiger partial charge in [-0.3, -0.25) is 10.1 Å².